The summed E-state index contributed by atoms with van der Waals surface area (Å²) in [6, 6.07) is 0.343. The van der Waals surface area contributed by atoms with Crippen LogP contribution < -0.4 is 5.73 Å². The van der Waals surface area contributed by atoms with Crippen LogP contribution in [-0.2, 0) is 0 Å². The van der Waals surface area contributed by atoms with Crippen molar-refractivity contribution >= 4 is 0 Å². The summed E-state index contributed by atoms with van der Waals surface area (Å²) in [5, 5.41) is 0. The van der Waals surface area contributed by atoms with Crippen LogP contribution in [0.15, 0.2) is 0 Å². The summed E-state index contributed by atoms with van der Waals surface area (Å²) in [6.45, 7) is 5.41. The summed E-state index contributed by atoms with van der Waals surface area (Å²) in [6.07, 6.45) is 1.12. The normalized spacial score (nSPS) is 14.7. The van der Waals surface area contributed by atoms with Crippen molar-refractivity contribution in [2.75, 3.05) is 20.6 Å². The molecular weight excluding hydrogens is 124 g/mol. The van der Waals surface area contributed by atoms with Crippen molar-refractivity contribution in [1.82, 2.24) is 4.90 Å². The molecule has 10 heavy (non-hydrogen) atoms. The Balaban J connectivity index is 3.34. The van der Waals surface area contributed by atoms with Crippen molar-refractivity contribution in [3.63, 3.8) is 0 Å². The topological polar surface area (TPSA) is 29.3 Å². The van der Waals surface area contributed by atoms with Gasteiger partial charge in [-0.1, -0.05) is 13.8 Å². The van der Waals surface area contributed by atoms with Gasteiger partial charge in [0.05, 0.1) is 0 Å². The molecule has 0 aromatic heterocycles. The van der Waals surface area contributed by atoms with Gasteiger partial charge in [0.1, 0.15) is 0 Å². The van der Waals surface area contributed by atoms with Crippen LogP contribution in [0.1, 0.15) is 20.3 Å². The van der Waals surface area contributed by atoms with E-state index in [4.69, 9.17) is 5.73 Å². The number of hydrogen-bond acceptors (Lipinski definition) is 2. The van der Waals surface area contributed by atoms with E-state index >= 15 is 0 Å². The van der Waals surface area contributed by atoms with E-state index in [1.165, 1.54) is 0 Å². The zero-order valence-electron chi connectivity index (χ0n) is 7.59. The highest BCUT2D eigenvalue weighted by Gasteiger charge is 2.05. The maximum Gasteiger partial charge on any atom is 0.0170 e. The Labute approximate surface area is 64.4 Å². The molecule has 0 aliphatic heterocycles. The highest BCUT2D eigenvalue weighted by atomic mass is 15.1. The van der Waals surface area contributed by atoms with Gasteiger partial charge in [-0.3, -0.25) is 0 Å². The molecule has 0 spiro atoms. The molecule has 1 atom stereocenters. The number of likely N-dealkylation sites (N-methyl/N-ethyl adjacent to an activating group) is 1. The SMILES string of the molecule is CC(C)CC(N)CN(C)C. The molecule has 0 fully saturated rings. The number of hydrogen-bond donors (Lipinski definition) is 1. The van der Waals surface area contributed by atoms with Gasteiger partial charge >= 0.3 is 0 Å². The molecule has 0 aliphatic rings. The van der Waals surface area contributed by atoms with Crippen molar-refractivity contribution in [2.24, 2.45) is 11.7 Å². The molecule has 0 saturated heterocycles. The maximum absolute atomic E-state index is 5.83. The van der Waals surface area contributed by atoms with E-state index in [0.717, 1.165) is 18.9 Å². The van der Waals surface area contributed by atoms with Gasteiger partial charge in [-0.2, -0.15) is 0 Å². The van der Waals surface area contributed by atoms with Crippen LogP contribution in [0.25, 0.3) is 0 Å². The van der Waals surface area contributed by atoms with E-state index < -0.39 is 0 Å². The molecule has 0 aliphatic carbocycles. The molecule has 0 radical (unpaired) electrons. The van der Waals surface area contributed by atoms with Gasteiger partial charge in [0, 0.05) is 12.6 Å². The second kappa shape index (κ2) is 4.69. The van der Waals surface area contributed by atoms with Crippen LogP contribution in [0.5, 0.6) is 0 Å². The first-order valence-electron chi connectivity index (χ1n) is 3.92. The van der Waals surface area contributed by atoms with Gasteiger partial charge in [0.25, 0.3) is 0 Å². The van der Waals surface area contributed by atoms with Crippen molar-refractivity contribution < 1.29 is 0 Å². The van der Waals surface area contributed by atoms with E-state index in [-0.39, 0.29) is 0 Å². The minimum absolute atomic E-state index is 0.343. The van der Waals surface area contributed by atoms with Gasteiger partial charge in [-0.05, 0) is 26.4 Å². The number of rotatable bonds is 4. The van der Waals surface area contributed by atoms with E-state index in [0.29, 0.717) is 6.04 Å². The fourth-order valence-corrected chi connectivity index (χ4v) is 1.15. The first-order valence-corrected chi connectivity index (χ1v) is 3.92. The van der Waals surface area contributed by atoms with Crippen LogP contribution in [0.3, 0.4) is 0 Å². The van der Waals surface area contributed by atoms with Crippen LogP contribution >= 0.6 is 0 Å². The van der Waals surface area contributed by atoms with Gasteiger partial charge in [-0.15, -0.1) is 0 Å². The summed E-state index contributed by atoms with van der Waals surface area (Å²) < 4.78 is 0. The molecule has 2 N–H and O–H groups in total. The van der Waals surface area contributed by atoms with E-state index in [1.807, 2.05) is 0 Å². The summed E-state index contributed by atoms with van der Waals surface area (Å²) in [5.41, 5.74) is 5.83. The van der Waals surface area contributed by atoms with Gasteiger partial charge in [-0.25, -0.2) is 0 Å². The van der Waals surface area contributed by atoms with E-state index in [1.54, 1.807) is 0 Å². The van der Waals surface area contributed by atoms with Crippen LogP contribution in [-0.4, -0.2) is 31.6 Å². The minimum Gasteiger partial charge on any atom is -0.327 e. The average Bonchev–Trinajstić information content (AvgIpc) is 1.58. The molecule has 0 amide bonds. The van der Waals surface area contributed by atoms with Crippen molar-refractivity contribution in [3.05, 3.63) is 0 Å². The molecular formula is C8H20N2. The molecule has 0 bridgehead atoms. The lowest BCUT2D eigenvalue weighted by molar-refractivity contribution is 0.344. The highest BCUT2D eigenvalue weighted by Crippen LogP contribution is 2.02. The maximum atomic E-state index is 5.83. The minimum atomic E-state index is 0.343. The van der Waals surface area contributed by atoms with Gasteiger partial charge < -0.3 is 10.6 Å². The monoisotopic (exact) mass is 144 g/mol. The second-order valence-corrected chi connectivity index (χ2v) is 3.65. The van der Waals surface area contributed by atoms with E-state index in [9.17, 15) is 0 Å². The van der Waals surface area contributed by atoms with Crippen molar-refractivity contribution in [3.8, 4) is 0 Å². The van der Waals surface area contributed by atoms with Gasteiger partial charge in [0.15, 0.2) is 0 Å². The zero-order chi connectivity index (χ0) is 8.15. The molecule has 2 heteroatoms. The Hall–Kier alpha value is -0.0800. The predicted molar refractivity (Wildman–Crippen MR) is 46.0 cm³/mol. The summed E-state index contributed by atoms with van der Waals surface area (Å²) in [4.78, 5) is 2.13. The fraction of sp³-hybridized carbons (Fsp3) is 1.00. The molecule has 0 heterocycles. The van der Waals surface area contributed by atoms with Crippen molar-refractivity contribution in [2.45, 2.75) is 26.3 Å². The largest absolute Gasteiger partial charge is 0.327 e. The summed E-state index contributed by atoms with van der Waals surface area (Å²) in [7, 11) is 4.11. The number of nitrogens with two attached hydrogens (primary N) is 1. The van der Waals surface area contributed by atoms with Gasteiger partial charge in [0.2, 0.25) is 0 Å². The fourth-order valence-electron chi connectivity index (χ4n) is 1.15. The van der Waals surface area contributed by atoms with Crippen molar-refractivity contribution in [1.29, 1.82) is 0 Å². The zero-order valence-corrected chi connectivity index (χ0v) is 7.59. The molecule has 1 unspecified atom stereocenters. The third kappa shape index (κ3) is 6.05. The standard InChI is InChI=1S/C8H20N2/c1-7(2)5-8(9)6-10(3)4/h7-8H,5-6,9H2,1-4H3. The first kappa shape index (κ1) is 9.92. The van der Waals surface area contributed by atoms with Crippen LogP contribution in [0, 0.1) is 5.92 Å². The second-order valence-electron chi connectivity index (χ2n) is 3.65. The molecule has 2 nitrogen and oxygen atoms in total. The molecule has 62 valence electrons. The molecule has 0 saturated carbocycles. The Morgan fingerprint density at radius 1 is 1.30 bits per heavy atom. The van der Waals surface area contributed by atoms with Crippen LogP contribution in [0.4, 0.5) is 0 Å². The average molecular weight is 144 g/mol. The summed E-state index contributed by atoms with van der Waals surface area (Å²) in [5.74, 6) is 0.718. The lowest BCUT2D eigenvalue weighted by atomic mass is 10.0. The lowest BCUT2D eigenvalue weighted by Gasteiger charge is -2.18. The molecule has 0 aromatic rings. The number of nitrogens with zero attached hydrogens (tertiary/aromatic N) is 1. The third-order valence-electron chi connectivity index (χ3n) is 1.37. The summed E-state index contributed by atoms with van der Waals surface area (Å²) >= 11 is 0. The van der Waals surface area contributed by atoms with Crippen LogP contribution in [0.2, 0.25) is 0 Å². The highest BCUT2D eigenvalue weighted by molar-refractivity contribution is 4.65. The lowest BCUT2D eigenvalue weighted by Crippen LogP contribution is -2.34. The Morgan fingerprint density at radius 2 is 1.80 bits per heavy atom. The van der Waals surface area contributed by atoms with E-state index in [2.05, 4.69) is 32.8 Å². The smallest absolute Gasteiger partial charge is 0.0170 e. The molecule has 0 rings (SSSR count). The quantitative estimate of drug-likeness (QED) is 0.636. The third-order valence-corrected chi connectivity index (χ3v) is 1.37. The first-order chi connectivity index (χ1) is 4.52. The Morgan fingerprint density at radius 3 is 2.10 bits per heavy atom. The Bertz CT molecular complexity index is 69.3. The predicted octanol–water partition coefficient (Wildman–Crippen LogP) is 0.921. The Kier molecular flexibility index (Phi) is 4.65. The molecule has 0 aromatic carbocycles.